The molecule has 0 aliphatic carbocycles. The molecule has 0 aromatic heterocycles. The van der Waals surface area contributed by atoms with Crippen LogP contribution in [-0.2, 0) is 28.2 Å². The highest BCUT2D eigenvalue weighted by Gasteiger charge is 2.22. The number of hydrogen-bond donors (Lipinski definition) is 2. The molecule has 9 heteroatoms. The van der Waals surface area contributed by atoms with Crippen LogP contribution in [-0.4, -0.2) is 41.0 Å². The first-order valence-corrected chi connectivity index (χ1v) is 21.4. The van der Waals surface area contributed by atoms with Gasteiger partial charge in [0, 0.05) is 12.8 Å². The zero-order chi connectivity index (χ0) is 34.7. The van der Waals surface area contributed by atoms with E-state index in [4.69, 9.17) is 19.3 Å². The lowest BCUT2D eigenvalue weighted by Crippen LogP contribution is -2.29. The Morgan fingerprint density at radius 2 is 0.766 bits per heavy atom. The SMILES string of the molecule is CCCCCCCCCCCCCCCCCC(=O)OC[C@H](COP(=O)(O)O)OC(=O)CCCCCCCCCCCCCCCC. The fraction of sp³-hybridized carbons (Fsp3) is 0.947. The number of rotatable bonds is 37. The van der Waals surface area contributed by atoms with Crippen LogP contribution >= 0.6 is 7.82 Å². The molecule has 0 spiro atoms. The summed E-state index contributed by atoms with van der Waals surface area (Å²) in [7, 11) is -4.74. The second-order valence-corrected chi connectivity index (χ2v) is 14.9. The van der Waals surface area contributed by atoms with Gasteiger partial charge in [-0.1, -0.05) is 187 Å². The largest absolute Gasteiger partial charge is 0.469 e. The zero-order valence-electron chi connectivity index (χ0n) is 30.7. The lowest BCUT2D eigenvalue weighted by molar-refractivity contribution is -0.161. The maximum Gasteiger partial charge on any atom is 0.469 e. The predicted molar refractivity (Wildman–Crippen MR) is 193 cm³/mol. The molecule has 0 aliphatic rings. The van der Waals surface area contributed by atoms with Gasteiger partial charge in [-0.25, -0.2) is 4.57 Å². The molecule has 2 N–H and O–H groups in total. The van der Waals surface area contributed by atoms with E-state index in [9.17, 15) is 14.2 Å². The first kappa shape index (κ1) is 46.0. The molecular weight excluding hydrogens is 615 g/mol. The highest BCUT2D eigenvalue weighted by atomic mass is 31.2. The fourth-order valence-corrected chi connectivity index (χ4v) is 6.26. The van der Waals surface area contributed by atoms with Crippen LogP contribution in [0.15, 0.2) is 0 Å². The van der Waals surface area contributed by atoms with Gasteiger partial charge in [-0.05, 0) is 12.8 Å². The van der Waals surface area contributed by atoms with Crippen molar-refractivity contribution in [2.75, 3.05) is 13.2 Å². The first-order chi connectivity index (χ1) is 22.8. The van der Waals surface area contributed by atoms with Gasteiger partial charge < -0.3 is 19.3 Å². The third-order valence-corrected chi connectivity index (χ3v) is 9.36. The van der Waals surface area contributed by atoms with Gasteiger partial charge in [0.15, 0.2) is 6.10 Å². The molecule has 0 bridgehead atoms. The monoisotopic (exact) mass is 691 g/mol. The normalized spacial score (nSPS) is 12.3. The molecule has 1 atom stereocenters. The van der Waals surface area contributed by atoms with Crippen LogP contribution in [0.4, 0.5) is 0 Å². The molecule has 0 rings (SSSR count). The molecule has 47 heavy (non-hydrogen) atoms. The van der Waals surface area contributed by atoms with Crippen molar-refractivity contribution in [3.63, 3.8) is 0 Å². The minimum Gasteiger partial charge on any atom is -0.462 e. The van der Waals surface area contributed by atoms with Gasteiger partial charge in [0.05, 0.1) is 6.61 Å². The van der Waals surface area contributed by atoms with Crippen molar-refractivity contribution in [1.29, 1.82) is 0 Å². The number of unbranched alkanes of at least 4 members (excludes halogenated alkanes) is 27. The third kappa shape index (κ3) is 37.7. The second kappa shape index (κ2) is 34.9. The van der Waals surface area contributed by atoms with Crippen molar-refractivity contribution in [1.82, 2.24) is 0 Å². The van der Waals surface area contributed by atoms with Crippen LogP contribution in [0.3, 0.4) is 0 Å². The van der Waals surface area contributed by atoms with Crippen LogP contribution in [0.5, 0.6) is 0 Å². The summed E-state index contributed by atoms with van der Waals surface area (Å²) in [6, 6.07) is 0. The van der Waals surface area contributed by atoms with E-state index in [0.717, 1.165) is 32.1 Å². The van der Waals surface area contributed by atoms with Crippen molar-refractivity contribution < 1.29 is 37.9 Å². The summed E-state index contributed by atoms with van der Waals surface area (Å²) in [5.74, 6) is -0.870. The summed E-state index contributed by atoms with van der Waals surface area (Å²) < 4.78 is 26.3. The molecule has 8 nitrogen and oxygen atoms in total. The Balaban J connectivity index is 3.89. The molecule has 0 aliphatic heterocycles. The Morgan fingerprint density at radius 1 is 0.468 bits per heavy atom. The Labute approximate surface area is 289 Å². The smallest absolute Gasteiger partial charge is 0.462 e. The topological polar surface area (TPSA) is 119 Å². The number of carbonyl (C=O) groups excluding carboxylic acids is 2. The molecule has 0 fully saturated rings. The fourth-order valence-electron chi connectivity index (χ4n) is 5.90. The Hall–Kier alpha value is -0.950. The van der Waals surface area contributed by atoms with E-state index in [1.54, 1.807) is 0 Å². The van der Waals surface area contributed by atoms with E-state index in [0.29, 0.717) is 6.42 Å². The number of carbonyl (C=O) groups is 2. The number of phosphoric acid groups is 1. The molecule has 0 aromatic rings. The van der Waals surface area contributed by atoms with Crippen molar-refractivity contribution in [3.05, 3.63) is 0 Å². The Morgan fingerprint density at radius 3 is 1.09 bits per heavy atom. The Bertz CT molecular complexity index is 741. The maximum atomic E-state index is 12.4. The average molecular weight is 691 g/mol. The summed E-state index contributed by atoms with van der Waals surface area (Å²) >= 11 is 0. The molecule has 0 heterocycles. The molecule has 0 unspecified atom stereocenters. The molecular formula is C38H75O8P. The molecule has 0 aromatic carbocycles. The van der Waals surface area contributed by atoms with Crippen molar-refractivity contribution >= 4 is 19.8 Å². The minimum absolute atomic E-state index is 0.220. The van der Waals surface area contributed by atoms with Gasteiger partial charge in [-0.15, -0.1) is 0 Å². The molecule has 280 valence electrons. The summed E-state index contributed by atoms with van der Waals surface area (Å²) in [5, 5.41) is 0. The maximum absolute atomic E-state index is 12.4. The summed E-state index contributed by atoms with van der Waals surface area (Å²) in [5.41, 5.74) is 0. The summed E-state index contributed by atoms with van der Waals surface area (Å²) in [4.78, 5) is 42.7. The molecule has 0 saturated carbocycles. The van der Waals surface area contributed by atoms with E-state index in [1.165, 1.54) is 148 Å². The Kier molecular flexibility index (Phi) is 34.2. The van der Waals surface area contributed by atoms with Gasteiger partial charge in [-0.2, -0.15) is 0 Å². The number of phosphoric ester groups is 1. The minimum atomic E-state index is -4.74. The van der Waals surface area contributed by atoms with Gasteiger partial charge in [0.2, 0.25) is 0 Å². The second-order valence-electron chi connectivity index (χ2n) is 13.6. The lowest BCUT2D eigenvalue weighted by atomic mass is 10.0. The van der Waals surface area contributed by atoms with Crippen molar-refractivity contribution in [3.8, 4) is 0 Å². The quantitative estimate of drug-likeness (QED) is 0.0375. The van der Waals surface area contributed by atoms with Crippen LogP contribution < -0.4 is 0 Å². The van der Waals surface area contributed by atoms with E-state index >= 15 is 0 Å². The van der Waals surface area contributed by atoms with Crippen molar-refractivity contribution in [2.24, 2.45) is 0 Å². The van der Waals surface area contributed by atoms with Crippen LogP contribution in [0.2, 0.25) is 0 Å². The molecule has 0 radical (unpaired) electrons. The standard InChI is InChI=1S/C38H75O8P/c1-3-5-7-9-11-13-15-17-19-21-22-24-26-28-30-32-37(39)44-34-36(35-45-47(41,42)43)46-38(40)33-31-29-27-25-23-20-18-16-14-12-10-8-6-4-2/h36H,3-35H2,1-2H3,(H2,41,42,43)/t36-/m1/s1. The zero-order valence-corrected chi connectivity index (χ0v) is 31.6. The lowest BCUT2D eigenvalue weighted by Gasteiger charge is -2.18. The van der Waals surface area contributed by atoms with Crippen LogP contribution in [0, 0.1) is 0 Å². The van der Waals surface area contributed by atoms with E-state index < -0.39 is 32.5 Å². The van der Waals surface area contributed by atoms with E-state index in [1.807, 2.05) is 0 Å². The highest BCUT2D eigenvalue weighted by Crippen LogP contribution is 2.36. The average Bonchev–Trinajstić information content (AvgIpc) is 3.03. The molecule has 0 saturated heterocycles. The number of hydrogen-bond acceptors (Lipinski definition) is 6. The van der Waals surface area contributed by atoms with Crippen LogP contribution in [0.25, 0.3) is 0 Å². The van der Waals surface area contributed by atoms with E-state index in [2.05, 4.69) is 18.4 Å². The third-order valence-electron chi connectivity index (χ3n) is 8.88. The van der Waals surface area contributed by atoms with Gasteiger partial charge in [-0.3, -0.25) is 14.1 Å². The number of ether oxygens (including phenoxy) is 2. The van der Waals surface area contributed by atoms with Gasteiger partial charge in [0.1, 0.15) is 6.61 Å². The summed E-state index contributed by atoms with van der Waals surface area (Å²) in [6.45, 7) is 3.70. The van der Waals surface area contributed by atoms with Gasteiger partial charge >= 0.3 is 19.8 Å². The first-order valence-electron chi connectivity index (χ1n) is 19.8. The molecule has 0 amide bonds. The van der Waals surface area contributed by atoms with Gasteiger partial charge in [0.25, 0.3) is 0 Å². The van der Waals surface area contributed by atoms with Crippen LogP contribution in [0.1, 0.15) is 213 Å². The predicted octanol–water partition coefficient (Wildman–Crippen LogP) is 11.7. The highest BCUT2D eigenvalue weighted by molar-refractivity contribution is 7.46. The van der Waals surface area contributed by atoms with Crippen molar-refractivity contribution in [2.45, 2.75) is 219 Å². The number of esters is 2. The van der Waals surface area contributed by atoms with E-state index in [-0.39, 0.29) is 19.4 Å². The summed E-state index contributed by atoms with van der Waals surface area (Å²) in [6.07, 6.45) is 35.3.